The highest BCUT2D eigenvalue weighted by atomic mass is 16.5. The number of hydrogen-bond donors (Lipinski definition) is 1. The summed E-state index contributed by atoms with van der Waals surface area (Å²) in [6.07, 6.45) is 8.37. The molecule has 0 aromatic heterocycles. The highest BCUT2D eigenvalue weighted by Crippen LogP contribution is 2.24. The summed E-state index contributed by atoms with van der Waals surface area (Å²) in [7, 11) is 3.34. The van der Waals surface area contributed by atoms with E-state index in [1.165, 1.54) is 27.8 Å². The Balaban J connectivity index is 0.000000211. The Labute approximate surface area is 227 Å². The molecule has 0 radical (unpaired) electrons. The van der Waals surface area contributed by atoms with Gasteiger partial charge in [0.25, 0.3) is 0 Å². The van der Waals surface area contributed by atoms with Crippen molar-refractivity contribution in [3.05, 3.63) is 123 Å². The Morgan fingerprint density at radius 2 is 0.789 bits per heavy atom. The van der Waals surface area contributed by atoms with E-state index in [0.717, 1.165) is 33.8 Å². The maximum atomic E-state index is 9.74. The summed E-state index contributed by atoms with van der Waals surface area (Å²) in [4.78, 5) is 0. The van der Waals surface area contributed by atoms with Crippen LogP contribution in [0.5, 0.6) is 17.2 Å². The number of hydrogen-bond acceptors (Lipinski definition) is 3. The minimum Gasteiger partial charge on any atom is -0.507 e. The number of methoxy groups -OCH3 is 2. The van der Waals surface area contributed by atoms with Gasteiger partial charge in [0, 0.05) is 0 Å². The van der Waals surface area contributed by atoms with Crippen LogP contribution in [0.2, 0.25) is 0 Å². The molecule has 4 rings (SSSR count). The summed E-state index contributed by atoms with van der Waals surface area (Å²) in [5, 5.41) is 9.74. The zero-order valence-corrected chi connectivity index (χ0v) is 23.5. The number of benzene rings is 4. The minimum atomic E-state index is 0.376. The second kappa shape index (κ2) is 13.3. The number of ether oxygens (including phenoxy) is 2. The van der Waals surface area contributed by atoms with Gasteiger partial charge in [0.15, 0.2) is 0 Å². The first kappa shape index (κ1) is 28.3. The lowest BCUT2D eigenvalue weighted by Gasteiger charge is -2.06. The van der Waals surface area contributed by atoms with Crippen LogP contribution in [0.3, 0.4) is 0 Å². The second-order valence-corrected chi connectivity index (χ2v) is 9.50. The van der Waals surface area contributed by atoms with Gasteiger partial charge >= 0.3 is 0 Å². The molecule has 0 bridgehead atoms. The molecule has 0 saturated carbocycles. The summed E-state index contributed by atoms with van der Waals surface area (Å²) >= 11 is 0. The summed E-state index contributed by atoms with van der Waals surface area (Å²) in [5.41, 5.74) is 10.5. The van der Waals surface area contributed by atoms with Gasteiger partial charge in [0.05, 0.1) is 14.2 Å². The SMILES string of the molecule is COc1ccc(/C=C/c2cc(C)c(C)c(C)c2)cc1.COc1ccc(/C=C/c2cc(C)c(O)c(C)c2)cc1. The normalized spacial score (nSPS) is 10.9. The van der Waals surface area contributed by atoms with E-state index >= 15 is 0 Å². The molecule has 3 heteroatoms. The highest BCUT2D eigenvalue weighted by Gasteiger charge is 2.01. The van der Waals surface area contributed by atoms with Crippen molar-refractivity contribution in [1.29, 1.82) is 0 Å². The molecule has 0 saturated heterocycles. The Hall–Kier alpha value is -4.24. The van der Waals surface area contributed by atoms with Gasteiger partial charge in [-0.05, 0) is 121 Å². The van der Waals surface area contributed by atoms with Gasteiger partial charge in [0.2, 0.25) is 0 Å². The second-order valence-electron chi connectivity index (χ2n) is 9.50. The van der Waals surface area contributed by atoms with Crippen molar-refractivity contribution in [3.8, 4) is 17.2 Å². The Bertz CT molecular complexity index is 1250. The maximum absolute atomic E-state index is 9.74. The van der Waals surface area contributed by atoms with Crippen LogP contribution in [0.15, 0.2) is 72.8 Å². The van der Waals surface area contributed by atoms with Gasteiger partial charge in [0.1, 0.15) is 17.2 Å². The molecule has 0 aliphatic rings. The lowest BCUT2D eigenvalue weighted by Crippen LogP contribution is -1.87. The molecule has 0 unspecified atom stereocenters. The third kappa shape index (κ3) is 7.88. The van der Waals surface area contributed by atoms with Gasteiger partial charge < -0.3 is 14.6 Å². The highest BCUT2D eigenvalue weighted by molar-refractivity contribution is 5.72. The molecule has 0 atom stereocenters. The van der Waals surface area contributed by atoms with Crippen molar-refractivity contribution in [3.63, 3.8) is 0 Å². The fourth-order valence-corrected chi connectivity index (χ4v) is 4.07. The van der Waals surface area contributed by atoms with Gasteiger partial charge in [-0.2, -0.15) is 0 Å². The van der Waals surface area contributed by atoms with Crippen LogP contribution in [0, 0.1) is 34.6 Å². The first-order valence-electron chi connectivity index (χ1n) is 12.7. The number of phenols is 1. The number of aryl methyl sites for hydroxylation is 4. The monoisotopic (exact) mass is 506 g/mol. The average Bonchev–Trinajstić information content (AvgIpc) is 2.93. The molecule has 38 heavy (non-hydrogen) atoms. The Morgan fingerprint density at radius 3 is 1.13 bits per heavy atom. The third-order valence-electron chi connectivity index (χ3n) is 6.63. The maximum Gasteiger partial charge on any atom is 0.121 e. The molecule has 0 fully saturated rings. The number of rotatable bonds is 6. The summed E-state index contributed by atoms with van der Waals surface area (Å²) in [5.74, 6) is 2.12. The molecular formula is C35H38O3. The lowest BCUT2D eigenvalue weighted by molar-refractivity contribution is 0.414. The minimum absolute atomic E-state index is 0.376. The van der Waals surface area contributed by atoms with Crippen molar-refractivity contribution < 1.29 is 14.6 Å². The predicted octanol–water partition coefficient (Wildman–Crippen LogP) is 8.98. The van der Waals surface area contributed by atoms with Crippen LogP contribution in [0.4, 0.5) is 0 Å². The van der Waals surface area contributed by atoms with Gasteiger partial charge in [-0.3, -0.25) is 0 Å². The van der Waals surface area contributed by atoms with E-state index in [1.807, 2.05) is 74.5 Å². The molecule has 3 nitrogen and oxygen atoms in total. The van der Waals surface area contributed by atoms with Crippen molar-refractivity contribution in [2.24, 2.45) is 0 Å². The Morgan fingerprint density at radius 1 is 0.474 bits per heavy atom. The van der Waals surface area contributed by atoms with Crippen LogP contribution in [-0.4, -0.2) is 19.3 Å². The molecule has 0 heterocycles. The zero-order chi connectivity index (χ0) is 27.7. The fraction of sp³-hybridized carbons (Fsp3) is 0.200. The van der Waals surface area contributed by atoms with Crippen molar-refractivity contribution >= 4 is 24.3 Å². The molecular weight excluding hydrogens is 468 g/mol. The van der Waals surface area contributed by atoms with Crippen LogP contribution in [0.1, 0.15) is 50.1 Å². The van der Waals surface area contributed by atoms with Crippen LogP contribution in [-0.2, 0) is 0 Å². The standard InChI is InChI=1S/C18H20O.C17H18O2/c1-13-11-17(12-14(2)15(13)3)6-5-16-7-9-18(19-4)10-8-16;1-12-10-15(11-13(2)17(12)18)5-4-14-6-8-16(19-3)9-7-14/h5-12H,1-4H3;4-11,18H,1-3H3/b6-5+;5-4+. The van der Waals surface area contributed by atoms with E-state index < -0.39 is 0 Å². The molecule has 4 aromatic carbocycles. The van der Waals surface area contributed by atoms with Gasteiger partial charge in [-0.25, -0.2) is 0 Å². The van der Waals surface area contributed by atoms with Crippen LogP contribution in [0.25, 0.3) is 24.3 Å². The van der Waals surface area contributed by atoms with E-state index in [9.17, 15) is 5.11 Å². The first-order chi connectivity index (χ1) is 18.2. The molecule has 4 aromatic rings. The lowest BCUT2D eigenvalue weighted by atomic mass is 10.00. The largest absolute Gasteiger partial charge is 0.507 e. The summed E-state index contributed by atoms with van der Waals surface area (Å²) in [6.45, 7) is 10.3. The molecule has 0 aliphatic heterocycles. The van der Waals surface area contributed by atoms with Crippen molar-refractivity contribution in [2.75, 3.05) is 14.2 Å². The quantitative estimate of drug-likeness (QED) is 0.265. The molecule has 1 N–H and O–H groups in total. The van der Waals surface area contributed by atoms with Gasteiger partial charge in [-0.1, -0.05) is 60.7 Å². The fourth-order valence-electron chi connectivity index (χ4n) is 4.07. The smallest absolute Gasteiger partial charge is 0.121 e. The van der Waals surface area contributed by atoms with E-state index in [2.05, 4.69) is 57.2 Å². The zero-order valence-electron chi connectivity index (χ0n) is 23.5. The van der Waals surface area contributed by atoms with Gasteiger partial charge in [-0.15, -0.1) is 0 Å². The molecule has 0 amide bonds. The van der Waals surface area contributed by atoms with E-state index in [0.29, 0.717) is 5.75 Å². The molecule has 196 valence electrons. The predicted molar refractivity (Wildman–Crippen MR) is 162 cm³/mol. The van der Waals surface area contributed by atoms with Crippen molar-refractivity contribution in [2.45, 2.75) is 34.6 Å². The topological polar surface area (TPSA) is 38.7 Å². The molecule has 0 spiro atoms. The van der Waals surface area contributed by atoms with Crippen molar-refractivity contribution in [1.82, 2.24) is 0 Å². The number of aromatic hydroxyl groups is 1. The van der Waals surface area contributed by atoms with E-state index in [1.54, 1.807) is 14.2 Å². The molecule has 0 aliphatic carbocycles. The third-order valence-corrected chi connectivity index (χ3v) is 6.63. The van der Waals surface area contributed by atoms with Crippen LogP contribution >= 0.6 is 0 Å². The number of phenolic OH excluding ortho intramolecular Hbond substituents is 1. The Kier molecular flexibility index (Phi) is 9.95. The van der Waals surface area contributed by atoms with E-state index in [-0.39, 0.29) is 0 Å². The van der Waals surface area contributed by atoms with E-state index in [4.69, 9.17) is 9.47 Å². The summed E-state index contributed by atoms with van der Waals surface area (Å²) < 4.78 is 10.3. The van der Waals surface area contributed by atoms with Crippen LogP contribution < -0.4 is 9.47 Å². The summed E-state index contributed by atoms with van der Waals surface area (Å²) in [6, 6.07) is 24.4. The first-order valence-corrected chi connectivity index (χ1v) is 12.7. The average molecular weight is 507 g/mol.